The number of amides is 1. The highest BCUT2D eigenvalue weighted by atomic mass is 32.2. The Bertz CT molecular complexity index is 646. The Kier molecular flexibility index (Phi) is 5.01. The van der Waals surface area contributed by atoms with Crippen molar-refractivity contribution in [1.29, 1.82) is 0 Å². The summed E-state index contributed by atoms with van der Waals surface area (Å²) in [6.45, 7) is 0. The normalized spacial score (nSPS) is 27.2. The number of benzene rings is 1. The van der Waals surface area contributed by atoms with Crippen molar-refractivity contribution in [2.75, 3.05) is 12.0 Å². The van der Waals surface area contributed by atoms with Crippen molar-refractivity contribution in [2.24, 2.45) is 0 Å². The maximum absolute atomic E-state index is 12.6. The van der Waals surface area contributed by atoms with E-state index in [-0.39, 0.29) is 23.2 Å². The number of nitrogens with zero attached hydrogens (tertiary/aromatic N) is 1. The third-order valence-electron chi connectivity index (χ3n) is 4.92. The molecule has 4 nitrogen and oxygen atoms in total. The quantitative estimate of drug-likeness (QED) is 0.816. The summed E-state index contributed by atoms with van der Waals surface area (Å²) in [6.07, 6.45) is 4.46. The van der Waals surface area contributed by atoms with E-state index in [0.29, 0.717) is 18.6 Å². The van der Waals surface area contributed by atoms with Gasteiger partial charge in [0.15, 0.2) is 0 Å². The summed E-state index contributed by atoms with van der Waals surface area (Å²) in [5.41, 5.74) is 1.23. The molecule has 0 radical (unpaired) electrons. The molecule has 2 fully saturated rings. The van der Waals surface area contributed by atoms with Crippen LogP contribution in [0.15, 0.2) is 30.3 Å². The van der Waals surface area contributed by atoms with Gasteiger partial charge in [0.2, 0.25) is 5.91 Å². The standard InChI is InChI=1S/C17H23NO3S2/c1-23(20,21)16-9-14-7-8-15(10-16)18(14)17(19)12-22-11-13-5-3-2-4-6-13/h2-6,14-16H,7-12H2,1H3. The van der Waals surface area contributed by atoms with Crippen LogP contribution in [0.3, 0.4) is 0 Å². The predicted molar refractivity (Wildman–Crippen MR) is 94.1 cm³/mol. The van der Waals surface area contributed by atoms with Crippen LogP contribution in [0.4, 0.5) is 0 Å². The fourth-order valence-electron chi connectivity index (χ4n) is 3.79. The molecule has 2 heterocycles. The predicted octanol–water partition coefficient (Wildman–Crippen LogP) is 2.49. The van der Waals surface area contributed by atoms with Crippen LogP contribution < -0.4 is 0 Å². The van der Waals surface area contributed by atoms with Crippen LogP contribution in [-0.2, 0) is 20.4 Å². The number of hydrogen-bond donors (Lipinski definition) is 0. The Morgan fingerprint density at radius 3 is 2.35 bits per heavy atom. The molecule has 2 aliphatic rings. The lowest BCUT2D eigenvalue weighted by Crippen LogP contribution is -2.50. The van der Waals surface area contributed by atoms with Crippen molar-refractivity contribution in [3.05, 3.63) is 35.9 Å². The van der Waals surface area contributed by atoms with Gasteiger partial charge in [-0.1, -0.05) is 30.3 Å². The molecule has 0 aliphatic carbocycles. The Labute approximate surface area is 142 Å². The van der Waals surface area contributed by atoms with Gasteiger partial charge < -0.3 is 4.90 Å². The highest BCUT2D eigenvalue weighted by Gasteiger charge is 2.45. The van der Waals surface area contributed by atoms with Gasteiger partial charge in [-0.05, 0) is 31.2 Å². The maximum atomic E-state index is 12.6. The first-order chi connectivity index (χ1) is 10.9. The average Bonchev–Trinajstić information content (AvgIpc) is 2.77. The van der Waals surface area contributed by atoms with E-state index in [1.165, 1.54) is 11.8 Å². The molecule has 2 bridgehead atoms. The topological polar surface area (TPSA) is 54.5 Å². The summed E-state index contributed by atoms with van der Waals surface area (Å²) >= 11 is 1.64. The molecule has 0 aromatic heterocycles. The van der Waals surface area contributed by atoms with E-state index in [2.05, 4.69) is 12.1 Å². The van der Waals surface area contributed by atoms with Crippen molar-refractivity contribution < 1.29 is 13.2 Å². The number of thioether (sulfide) groups is 1. The van der Waals surface area contributed by atoms with Crippen molar-refractivity contribution >= 4 is 27.5 Å². The largest absolute Gasteiger partial charge is 0.336 e. The maximum Gasteiger partial charge on any atom is 0.233 e. The molecule has 6 heteroatoms. The summed E-state index contributed by atoms with van der Waals surface area (Å²) in [7, 11) is -3.00. The highest BCUT2D eigenvalue weighted by Crippen LogP contribution is 2.38. The molecule has 1 amide bonds. The van der Waals surface area contributed by atoms with Gasteiger partial charge in [0.1, 0.15) is 9.84 Å². The summed E-state index contributed by atoms with van der Waals surface area (Å²) in [5.74, 6) is 1.48. The van der Waals surface area contributed by atoms with Crippen LogP contribution in [-0.4, -0.2) is 48.6 Å². The van der Waals surface area contributed by atoms with E-state index in [0.717, 1.165) is 18.6 Å². The monoisotopic (exact) mass is 353 g/mol. The lowest BCUT2D eigenvalue weighted by molar-refractivity contribution is -0.132. The number of rotatable bonds is 5. The van der Waals surface area contributed by atoms with Crippen LogP contribution in [0.1, 0.15) is 31.2 Å². The molecule has 3 rings (SSSR count). The lowest BCUT2D eigenvalue weighted by atomic mass is 10.0. The zero-order chi connectivity index (χ0) is 16.4. The minimum absolute atomic E-state index is 0.123. The molecule has 0 N–H and O–H groups in total. The molecule has 0 spiro atoms. The smallest absolute Gasteiger partial charge is 0.233 e. The molecule has 2 saturated heterocycles. The van der Waals surface area contributed by atoms with E-state index in [9.17, 15) is 13.2 Å². The number of hydrogen-bond acceptors (Lipinski definition) is 4. The van der Waals surface area contributed by atoms with Gasteiger partial charge in [-0.2, -0.15) is 0 Å². The molecular formula is C17H23NO3S2. The van der Waals surface area contributed by atoms with Crippen molar-refractivity contribution in [1.82, 2.24) is 4.90 Å². The SMILES string of the molecule is CS(=O)(=O)C1CC2CCC(C1)N2C(=O)CSCc1ccccc1. The van der Waals surface area contributed by atoms with Gasteiger partial charge in [-0.25, -0.2) is 8.42 Å². The van der Waals surface area contributed by atoms with Gasteiger partial charge in [-0.15, -0.1) is 11.8 Å². The number of carbonyl (C=O) groups excluding carboxylic acids is 1. The van der Waals surface area contributed by atoms with E-state index in [4.69, 9.17) is 0 Å². The first kappa shape index (κ1) is 16.8. The van der Waals surface area contributed by atoms with Crippen molar-refractivity contribution in [3.8, 4) is 0 Å². The van der Waals surface area contributed by atoms with Gasteiger partial charge in [-0.3, -0.25) is 4.79 Å². The number of carbonyl (C=O) groups is 1. The fourth-order valence-corrected chi connectivity index (χ4v) is 5.79. The third-order valence-corrected chi connectivity index (χ3v) is 7.50. The highest BCUT2D eigenvalue weighted by molar-refractivity contribution is 7.99. The van der Waals surface area contributed by atoms with Gasteiger partial charge in [0.05, 0.1) is 11.0 Å². The molecule has 2 aliphatic heterocycles. The van der Waals surface area contributed by atoms with Crippen LogP contribution in [0.2, 0.25) is 0 Å². The summed E-state index contributed by atoms with van der Waals surface area (Å²) in [5, 5.41) is -0.263. The molecule has 1 aromatic carbocycles. The Morgan fingerprint density at radius 2 is 1.78 bits per heavy atom. The Hall–Kier alpha value is -1.01. The van der Waals surface area contributed by atoms with Crippen LogP contribution in [0, 0.1) is 0 Å². The third kappa shape index (κ3) is 3.91. The molecule has 1 aromatic rings. The second-order valence-electron chi connectivity index (χ2n) is 6.59. The van der Waals surface area contributed by atoms with Crippen LogP contribution >= 0.6 is 11.8 Å². The number of piperidine rings is 1. The molecule has 2 atom stereocenters. The number of fused-ring (bicyclic) bond motifs is 2. The molecule has 2 unspecified atom stereocenters. The van der Waals surface area contributed by atoms with Crippen molar-refractivity contribution in [2.45, 2.75) is 48.8 Å². The van der Waals surface area contributed by atoms with E-state index >= 15 is 0 Å². The van der Waals surface area contributed by atoms with E-state index in [1.807, 2.05) is 23.1 Å². The fraction of sp³-hybridized carbons (Fsp3) is 0.588. The minimum atomic E-state index is -3.00. The minimum Gasteiger partial charge on any atom is -0.336 e. The summed E-state index contributed by atoms with van der Waals surface area (Å²) in [4.78, 5) is 14.5. The molecular weight excluding hydrogens is 330 g/mol. The average molecular weight is 354 g/mol. The molecule has 126 valence electrons. The van der Waals surface area contributed by atoms with Gasteiger partial charge in [0, 0.05) is 24.1 Å². The second kappa shape index (κ2) is 6.85. The van der Waals surface area contributed by atoms with Crippen molar-refractivity contribution in [3.63, 3.8) is 0 Å². The van der Waals surface area contributed by atoms with Crippen LogP contribution in [0.25, 0.3) is 0 Å². The first-order valence-electron chi connectivity index (χ1n) is 8.07. The van der Waals surface area contributed by atoms with Gasteiger partial charge >= 0.3 is 0 Å². The first-order valence-corrected chi connectivity index (χ1v) is 11.2. The van der Waals surface area contributed by atoms with E-state index in [1.54, 1.807) is 11.8 Å². The van der Waals surface area contributed by atoms with Gasteiger partial charge in [0.25, 0.3) is 0 Å². The Balaban J connectivity index is 1.55. The molecule has 23 heavy (non-hydrogen) atoms. The zero-order valence-electron chi connectivity index (χ0n) is 13.3. The Morgan fingerprint density at radius 1 is 1.17 bits per heavy atom. The molecule has 0 saturated carbocycles. The lowest BCUT2D eigenvalue weighted by Gasteiger charge is -2.38. The van der Waals surface area contributed by atoms with Crippen LogP contribution in [0.5, 0.6) is 0 Å². The number of sulfone groups is 1. The zero-order valence-corrected chi connectivity index (χ0v) is 15.0. The second-order valence-corrected chi connectivity index (χ2v) is 9.90. The summed E-state index contributed by atoms with van der Waals surface area (Å²) in [6, 6.07) is 10.4. The summed E-state index contributed by atoms with van der Waals surface area (Å²) < 4.78 is 23.6. The van der Waals surface area contributed by atoms with E-state index < -0.39 is 9.84 Å².